The van der Waals surface area contributed by atoms with E-state index in [1.807, 2.05) is 74.5 Å². The van der Waals surface area contributed by atoms with Crippen LogP contribution in [0.15, 0.2) is 60.7 Å². The van der Waals surface area contributed by atoms with Crippen LogP contribution in [-0.4, -0.2) is 29.8 Å². The number of nitrogens with one attached hydrogen (secondary N) is 1. The number of hydrogen-bond donors (Lipinski definition) is 1. The Hall–Kier alpha value is -3.43. The summed E-state index contributed by atoms with van der Waals surface area (Å²) in [7, 11) is 0. The monoisotopic (exact) mass is 445 g/mol. The second kappa shape index (κ2) is 10.7. The summed E-state index contributed by atoms with van der Waals surface area (Å²) in [6, 6.07) is 22.0. The third-order valence-electron chi connectivity index (χ3n) is 5.55. The smallest absolute Gasteiger partial charge is 0.264 e. The first-order valence-electron chi connectivity index (χ1n) is 10.7. The Morgan fingerprint density at radius 3 is 2.00 bits per heavy atom. The molecular weight excluding hydrogens is 418 g/mol. The molecule has 0 aliphatic carbocycles. The first kappa shape index (κ1) is 23.2. The van der Waals surface area contributed by atoms with Crippen molar-refractivity contribution in [3.63, 3.8) is 0 Å². The molecule has 32 heavy (non-hydrogen) atoms. The van der Waals surface area contributed by atoms with Gasteiger partial charge in [-0.1, -0.05) is 60.7 Å². The van der Waals surface area contributed by atoms with Crippen molar-refractivity contribution < 1.29 is 9.59 Å². The fraction of sp³-hybridized carbons (Fsp3) is 0.269. The molecule has 6 heteroatoms. The van der Waals surface area contributed by atoms with E-state index in [0.717, 1.165) is 11.1 Å². The third-order valence-corrected chi connectivity index (χ3v) is 6.75. The van der Waals surface area contributed by atoms with E-state index in [2.05, 4.69) is 11.4 Å². The Balaban J connectivity index is 1.87. The van der Waals surface area contributed by atoms with Gasteiger partial charge in [-0.15, -0.1) is 11.3 Å². The summed E-state index contributed by atoms with van der Waals surface area (Å²) in [5.41, 5.74) is 3.07. The van der Waals surface area contributed by atoms with Crippen molar-refractivity contribution in [1.29, 1.82) is 5.26 Å². The maximum Gasteiger partial charge on any atom is 0.264 e. The predicted molar refractivity (Wildman–Crippen MR) is 129 cm³/mol. The molecule has 2 amide bonds. The Labute approximate surface area is 193 Å². The molecule has 0 bridgehead atoms. The summed E-state index contributed by atoms with van der Waals surface area (Å²) in [4.78, 5) is 28.1. The van der Waals surface area contributed by atoms with Gasteiger partial charge in [-0.25, -0.2) is 0 Å². The van der Waals surface area contributed by atoms with Gasteiger partial charge < -0.3 is 10.2 Å². The number of hydrogen-bond acceptors (Lipinski definition) is 4. The van der Waals surface area contributed by atoms with Crippen LogP contribution in [0.4, 0.5) is 5.00 Å². The van der Waals surface area contributed by atoms with Gasteiger partial charge in [0.1, 0.15) is 11.1 Å². The van der Waals surface area contributed by atoms with Crippen molar-refractivity contribution in [1.82, 2.24) is 4.90 Å². The molecule has 0 atom stereocenters. The van der Waals surface area contributed by atoms with Crippen LogP contribution in [0.2, 0.25) is 0 Å². The average molecular weight is 446 g/mol. The number of benzene rings is 2. The van der Waals surface area contributed by atoms with Crippen molar-refractivity contribution in [3.8, 4) is 6.07 Å². The van der Waals surface area contributed by atoms with E-state index in [4.69, 9.17) is 0 Å². The molecule has 3 rings (SSSR count). The van der Waals surface area contributed by atoms with E-state index in [-0.39, 0.29) is 24.2 Å². The van der Waals surface area contributed by atoms with Gasteiger partial charge in [0.15, 0.2) is 0 Å². The highest BCUT2D eigenvalue weighted by Crippen LogP contribution is 2.34. The van der Waals surface area contributed by atoms with E-state index < -0.39 is 0 Å². The van der Waals surface area contributed by atoms with E-state index in [1.165, 1.54) is 11.3 Å². The highest BCUT2D eigenvalue weighted by molar-refractivity contribution is 7.18. The molecule has 1 heterocycles. The fourth-order valence-corrected chi connectivity index (χ4v) is 4.90. The maximum atomic E-state index is 13.1. The van der Waals surface area contributed by atoms with Gasteiger partial charge in [0, 0.05) is 25.4 Å². The molecule has 2 aromatic carbocycles. The summed E-state index contributed by atoms with van der Waals surface area (Å²) in [5.74, 6) is -0.413. The van der Waals surface area contributed by atoms with Crippen molar-refractivity contribution in [3.05, 3.63) is 87.8 Å². The molecule has 0 aliphatic rings. The Kier molecular flexibility index (Phi) is 7.80. The van der Waals surface area contributed by atoms with Crippen LogP contribution in [0.3, 0.4) is 0 Å². The van der Waals surface area contributed by atoms with E-state index in [9.17, 15) is 14.9 Å². The Morgan fingerprint density at radius 2 is 1.53 bits per heavy atom. The fourth-order valence-electron chi connectivity index (χ4n) is 3.76. The second-order valence-electron chi connectivity index (χ2n) is 7.48. The van der Waals surface area contributed by atoms with E-state index in [0.29, 0.717) is 34.1 Å². The average Bonchev–Trinajstić information content (AvgIpc) is 3.13. The molecule has 1 N–H and O–H groups in total. The first-order valence-corrected chi connectivity index (χ1v) is 11.5. The normalized spacial score (nSPS) is 10.6. The molecular formula is C26H27N3O2S. The highest BCUT2D eigenvalue weighted by Gasteiger charge is 2.25. The van der Waals surface area contributed by atoms with Crippen molar-refractivity contribution in [2.75, 3.05) is 18.4 Å². The molecule has 5 nitrogen and oxygen atoms in total. The van der Waals surface area contributed by atoms with Gasteiger partial charge in [-0.2, -0.15) is 5.26 Å². The first-order chi connectivity index (χ1) is 15.5. The van der Waals surface area contributed by atoms with Crippen LogP contribution in [0.25, 0.3) is 0 Å². The van der Waals surface area contributed by atoms with Gasteiger partial charge >= 0.3 is 0 Å². The van der Waals surface area contributed by atoms with Crippen LogP contribution in [0.5, 0.6) is 0 Å². The standard InChI is InChI=1S/C26H27N3O2S/c1-4-29(5-2)26(31)24-18(3)22(17-27)25(32-24)28-23(30)16-21(19-12-8-6-9-13-19)20-14-10-7-11-15-20/h6-15,21H,4-5,16H2,1-3H3,(H,28,30). The summed E-state index contributed by atoms with van der Waals surface area (Å²) in [5, 5.41) is 13.0. The maximum absolute atomic E-state index is 13.1. The minimum atomic E-state index is -0.192. The highest BCUT2D eigenvalue weighted by atomic mass is 32.1. The molecule has 0 fully saturated rings. The van der Waals surface area contributed by atoms with Crippen molar-refractivity contribution in [2.45, 2.75) is 33.1 Å². The number of nitrogens with zero attached hydrogens (tertiary/aromatic N) is 2. The summed E-state index contributed by atoms with van der Waals surface area (Å²) < 4.78 is 0. The summed E-state index contributed by atoms with van der Waals surface area (Å²) in [6.07, 6.45) is 0.231. The topological polar surface area (TPSA) is 73.2 Å². The molecule has 0 aliphatic heterocycles. The zero-order valence-electron chi connectivity index (χ0n) is 18.6. The van der Waals surface area contributed by atoms with Gasteiger partial charge in [0.05, 0.1) is 10.4 Å². The van der Waals surface area contributed by atoms with Crippen LogP contribution < -0.4 is 5.32 Å². The van der Waals surface area contributed by atoms with Crippen LogP contribution in [0, 0.1) is 18.3 Å². The summed E-state index contributed by atoms with van der Waals surface area (Å²) >= 11 is 1.18. The minimum Gasteiger partial charge on any atom is -0.338 e. The Bertz CT molecular complexity index is 1070. The third kappa shape index (κ3) is 5.06. The van der Waals surface area contributed by atoms with E-state index in [1.54, 1.807) is 11.8 Å². The van der Waals surface area contributed by atoms with Crippen LogP contribution in [-0.2, 0) is 4.79 Å². The number of carbonyl (C=O) groups is 2. The minimum absolute atomic E-state index is 0.110. The molecule has 3 aromatic rings. The Morgan fingerprint density at radius 1 is 1.00 bits per heavy atom. The number of anilines is 1. The predicted octanol–water partition coefficient (Wildman–Crippen LogP) is 5.57. The number of nitriles is 1. The zero-order chi connectivity index (χ0) is 23.1. The quantitative estimate of drug-likeness (QED) is 0.492. The molecule has 0 radical (unpaired) electrons. The van der Waals surface area contributed by atoms with Crippen molar-refractivity contribution >= 4 is 28.2 Å². The SMILES string of the molecule is CCN(CC)C(=O)c1sc(NC(=O)CC(c2ccccc2)c2ccccc2)c(C#N)c1C. The van der Waals surface area contributed by atoms with Gasteiger partial charge in [-0.3, -0.25) is 9.59 Å². The van der Waals surface area contributed by atoms with Crippen LogP contribution >= 0.6 is 11.3 Å². The van der Waals surface area contributed by atoms with E-state index >= 15 is 0 Å². The lowest BCUT2D eigenvalue weighted by molar-refractivity contribution is -0.116. The second-order valence-corrected chi connectivity index (χ2v) is 8.50. The van der Waals surface area contributed by atoms with Gasteiger partial charge in [0.2, 0.25) is 5.91 Å². The van der Waals surface area contributed by atoms with Gasteiger partial charge in [-0.05, 0) is 37.5 Å². The van der Waals surface area contributed by atoms with Crippen LogP contribution in [0.1, 0.15) is 58.1 Å². The lowest BCUT2D eigenvalue weighted by Gasteiger charge is -2.18. The molecule has 164 valence electrons. The summed E-state index contributed by atoms with van der Waals surface area (Å²) in [6.45, 7) is 6.79. The van der Waals surface area contributed by atoms with Gasteiger partial charge in [0.25, 0.3) is 5.91 Å². The lowest BCUT2D eigenvalue weighted by atomic mass is 9.88. The molecule has 1 aromatic heterocycles. The number of rotatable bonds is 8. The number of carbonyl (C=O) groups excluding carboxylic acids is 2. The largest absolute Gasteiger partial charge is 0.338 e. The number of thiophene rings is 1. The lowest BCUT2D eigenvalue weighted by Crippen LogP contribution is -2.30. The number of amides is 2. The molecule has 0 spiro atoms. The van der Waals surface area contributed by atoms with Crippen molar-refractivity contribution in [2.24, 2.45) is 0 Å². The molecule has 0 unspecified atom stereocenters. The zero-order valence-corrected chi connectivity index (χ0v) is 19.4. The molecule has 0 saturated carbocycles. The molecule has 0 saturated heterocycles.